The molecule has 8 atom stereocenters. The Balaban J connectivity index is 0.497. The number of thiophene rings is 1. The van der Waals surface area contributed by atoms with Crippen molar-refractivity contribution >= 4 is 38.9 Å². The van der Waals surface area contributed by atoms with Gasteiger partial charge in [0.1, 0.15) is 17.2 Å². The third-order valence-corrected chi connectivity index (χ3v) is 22.7. The van der Waals surface area contributed by atoms with E-state index in [-0.39, 0.29) is 28.9 Å². The molecule has 0 radical (unpaired) electrons. The van der Waals surface area contributed by atoms with Crippen LogP contribution in [0.3, 0.4) is 0 Å². The van der Waals surface area contributed by atoms with Crippen molar-refractivity contribution in [3.63, 3.8) is 0 Å². The van der Waals surface area contributed by atoms with Crippen molar-refractivity contribution in [1.29, 1.82) is 0 Å². The number of pyridine rings is 1. The predicted octanol–water partition coefficient (Wildman–Crippen LogP) is 12.7. The van der Waals surface area contributed by atoms with E-state index in [0.717, 1.165) is 134 Å². The molecule has 4 fully saturated rings. The highest BCUT2D eigenvalue weighted by molar-refractivity contribution is 7.21. The number of nitrogens with one attached hydrogen (secondary N) is 1. The molecule has 5 aliphatic carbocycles. The van der Waals surface area contributed by atoms with Crippen LogP contribution in [-0.4, -0.2) is 164 Å². The second kappa shape index (κ2) is 34.3. The minimum atomic E-state index is -0.619. The standard InChI is InChI=1S/C72H103ClN6O11S/c1-70-28-24-59(80)48-55(70)16-21-60-62-22-23-65(71(62,2)29-25-63(60)70)72(3,82)27-9-5-6-10-32-83-34-36-85-38-39-87-42-43-89-51-57-50-78(77-76-57)31-33-84-35-37-86-40-41-88-44-45-90-66-47-54(26-30-75-66)53-13-11-12-52(46-53)49-79(58-19-17-56(74-4)18-20-58)69(81)68-67(73)61-14-7-8-15-64(61)91-68/h7-8,11-16,26,30,46-47,50,56,58-60,62-63,65,74,80,82H,5-6,9-10,17-25,27-29,31-45,48-49,51H2,1-4H3/t56?,58?,59-,60-,62-,63-,65?,70-,71-,72-/m0/s1. The highest BCUT2D eigenvalue weighted by Gasteiger charge is 2.61. The smallest absolute Gasteiger partial charge is 0.266 e. The molecule has 1 unspecified atom stereocenters. The summed E-state index contributed by atoms with van der Waals surface area (Å²) in [5, 5.41) is 35.6. The van der Waals surface area contributed by atoms with Gasteiger partial charge in [-0.15, -0.1) is 16.4 Å². The zero-order valence-electron chi connectivity index (χ0n) is 54.7. The van der Waals surface area contributed by atoms with Crippen molar-refractivity contribution in [3.05, 3.63) is 106 Å². The molecule has 0 saturated heterocycles. The normalized spacial score (nSPS) is 25.4. The summed E-state index contributed by atoms with van der Waals surface area (Å²) in [7, 11) is 2.02. The number of aliphatic hydroxyl groups is 2. The zero-order chi connectivity index (χ0) is 63.5. The van der Waals surface area contributed by atoms with Gasteiger partial charge in [0.15, 0.2) is 0 Å². The summed E-state index contributed by atoms with van der Waals surface area (Å²) in [5.41, 5.74) is 5.19. The lowest BCUT2D eigenvalue weighted by Crippen LogP contribution is -2.53. The van der Waals surface area contributed by atoms with Gasteiger partial charge >= 0.3 is 0 Å². The van der Waals surface area contributed by atoms with Gasteiger partial charge in [0.2, 0.25) is 5.88 Å². The average Bonchev–Trinajstić information content (AvgIpc) is 1.69. The van der Waals surface area contributed by atoms with Crippen molar-refractivity contribution in [2.45, 2.75) is 173 Å². The van der Waals surface area contributed by atoms with Crippen LogP contribution in [0, 0.1) is 34.5 Å². The number of benzene rings is 2. The summed E-state index contributed by atoms with van der Waals surface area (Å²) in [6.45, 7) is 15.3. The number of carbonyl (C=O) groups excluding carboxylic acids is 1. The average molecular weight is 1300 g/mol. The maximum absolute atomic E-state index is 14.4. The van der Waals surface area contributed by atoms with Gasteiger partial charge < -0.3 is 58.3 Å². The van der Waals surface area contributed by atoms with Crippen LogP contribution in [0.15, 0.2) is 84.7 Å². The molecule has 0 aliphatic heterocycles. The van der Waals surface area contributed by atoms with Gasteiger partial charge in [0.05, 0.1) is 115 Å². The Hall–Kier alpha value is -4.41. The number of aliphatic hydroxyl groups excluding tert-OH is 1. The van der Waals surface area contributed by atoms with Gasteiger partial charge in [-0.2, -0.15) is 0 Å². The predicted molar refractivity (Wildman–Crippen MR) is 356 cm³/mol. The molecule has 19 heteroatoms. The second-order valence-corrected chi connectivity index (χ2v) is 28.4. The molecular formula is C72H103ClN6O11S. The Morgan fingerprint density at radius 2 is 1.45 bits per heavy atom. The first-order valence-electron chi connectivity index (χ1n) is 34.2. The number of ether oxygens (including phenoxy) is 8. The maximum Gasteiger partial charge on any atom is 0.266 e. The van der Waals surface area contributed by atoms with E-state index >= 15 is 0 Å². The molecule has 5 aliphatic rings. The Bertz CT molecular complexity index is 3060. The molecule has 5 aromatic rings. The number of halogens is 1. The largest absolute Gasteiger partial charge is 0.475 e. The second-order valence-electron chi connectivity index (χ2n) is 27.0. The topological polar surface area (TPSA) is 190 Å². The fourth-order valence-corrected chi connectivity index (χ4v) is 17.6. The monoisotopic (exact) mass is 1290 g/mol. The first kappa shape index (κ1) is 69.4. The third kappa shape index (κ3) is 18.5. The molecule has 3 aromatic heterocycles. The summed E-state index contributed by atoms with van der Waals surface area (Å²) >= 11 is 8.35. The molecule has 3 heterocycles. The summed E-state index contributed by atoms with van der Waals surface area (Å²) in [6.07, 6.45) is 24.1. The molecule has 500 valence electrons. The van der Waals surface area contributed by atoms with Crippen molar-refractivity contribution < 1.29 is 52.9 Å². The molecule has 3 N–H and O–H groups in total. The maximum atomic E-state index is 14.4. The Kier molecular flexibility index (Phi) is 26.2. The Labute approximate surface area is 549 Å². The summed E-state index contributed by atoms with van der Waals surface area (Å²) in [6, 6.07) is 20.8. The summed E-state index contributed by atoms with van der Waals surface area (Å²) < 4.78 is 48.9. The number of fused-ring (bicyclic) bond motifs is 6. The van der Waals surface area contributed by atoms with Gasteiger partial charge in [-0.3, -0.25) is 4.79 Å². The number of rotatable bonds is 38. The van der Waals surface area contributed by atoms with Crippen molar-refractivity contribution in [1.82, 2.24) is 30.2 Å². The number of aromatic nitrogens is 4. The lowest BCUT2D eigenvalue weighted by molar-refractivity contribution is -0.105. The fraction of sp³-hybridized carbons (Fsp3) is 0.667. The van der Waals surface area contributed by atoms with Crippen LogP contribution in [0.1, 0.15) is 151 Å². The number of amides is 1. The molecule has 91 heavy (non-hydrogen) atoms. The molecule has 1 amide bonds. The van der Waals surface area contributed by atoms with Crippen LogP contribution >= 0.6 is 22.9 Å². The lowest BCUT2D eigenvalue weighted by Gasteiger charge is -2.59. The number of unbranched alkanes of at least 4 members (excludes halogenated alkanes) is 3. The zero-order valence-corrected chi connectivity index (χ0v) is 56.3. The quantitative estimate of drug-likeness (QED) is 0.0250. The minimum absolute atomic E-state index is 0.0106. The van der Waals surface area contributed by atoms with Crippen LogP contribution in [0.2, 0.25) is 5.02 Å². The van der Waals surface area contributed by atoms with Gasteiger partial charge in [0.25, 0.3) is 5.91 Å². The van der Waals surface area contributed by atoms with Gasteiger partial charge in [-0.1, -0.05) is 98.0 Å². The van der Waals surface area contributed by atoms with E-state index in [1.54, 1.807) is 10.9 Å². The molecule has 4 saturated carbocycles. The van der Waals surface area contributed by atoms with E-state index in [0.29, 0.717) is 139 Å². The van der Waals surface area contributed by atoms with E-state index in [4.69, 9.17) is 49.5 Å². The number of hydrogen-bond acceptors (Lipinski definition) is 16. The Morgan fingerprint density at radius 3 is 2.20 bits per heavy atom. The minimum Gasteiger partial charge on any atom is -0.475 e. The number of carbonyl (C=O) groups is 1. The molecule has 17 nitrogen and oxygen atoms in total. The van der Waals surface area contributed by atoms with E-state index in [1.807, 2.05) is 60.6 Å². The van der Waals surface area contributed by atoms with Crippen LogP contribution in [0.4, 0.5) is 0 Å². The summed E-state index contributed by atoms with van der Waals surface area (Å²) in [4.78, 5) is 21.5. The van der Waals surface area contributed by atoms with Gasteiger partial charge in [0, 0.05) is 47.6 Å². The van der Waals surface area contributed by atoms with E-state index in [2.05, 4.69) is 65.7 Å². The van der Waals surface area contributed by atoms with Crippen LogP contribution < -0.4 is 10.1 Å². The van der Waals surface area contributed by atoms with E-state index < -0.39 is 5.60 Å². The number of nitrogens with zero attached hydrogens (tertiary/aromatic N) is 5. The number of allylic oxidation sites excluding steroid dienone is 1. The number of hydrogen-bond donors (Lipinski definition) is 3. The molecule has 0 spiro atoms. The van der Waals surface area contributed by atoms with Crippen LogP contribution in [0.5, 0.6) is 5.88 Å². The van der Waals surface area contributed by atoms with Crippen molar-refractivity contribution in [3.8, 4) is 17.0 Å². The highest BCUT2D eigenvalue weighted by Crippen LogP contribution is 2.68. The van der Waals surface area contributed by atoms with E-state index in [9.17, 15) is 15.0 Å². The van der Waals surface area contributed by atoms with Crippen molar-refractivity contribution in [2.24, 2.45) is 34.5 Å². The Morgan fingerprint density at radius 1 is 0.758 bits per heavy atom. The molecular weight excluding hydrogens is 1190 g/mol. The van der Waals surface area contributed by atoms with Gasteiger partial charge in [-0.25, -0.2) is 9.67 Å². The molecule has 0 bridgehead atoms. The van der Waals surface area contributed by atoms with Crippen LogP contribution in [-0.2, 0) is 52.9 Å². The highest BCUT2D eigenvalue weighted by atomic mass is 35.5. The van der Waals surface area contributed by atoms with Crippen molar-refractivity contribution in [2.75, 3.05) is 99.5 Å². The first-order chi connectivity index (χ1) is 44.3. The van der Waals surface area contributed by atoms with Gasteiger partial charge in [-0.05, 0) is 173 Å². The third-order valence-electron chi connectivity index (χ3n) is 21.1. The molecule has 2 aromatic carbocycles. The fourth-order valence-electron chi connectivity index (χ4n) is 16.2. The van der Waals surface area contributed by atoms with E-state index in [1.165, 1.54) is 42.6 Å². The SMILES string of the molecule is CNC1CCC(N(Cc2cccc(-c3ccnc(OCCOCCOCCOCCn4cc(COCCOCCOCCOCCCCCC[C@](C)(O)C5CC[C@H]6[C@@H]7CC=C8C[C@@H](O)CC[C@]8(C)[C@H]7CC[C@]56C)nn4)c3)c2)C(=O)c2sc3ccccc3c2Cl)CC1. The molecule has 10 rings (SSSR count). The van der Waals surface area contributed by atoms with Crippen LogP contribution in [0.25, 0.3) is 21.2 Å². The summed E-state index contributed by atoms with van der Waals surface area (Å²) in [5.74, 6) is 3.03. The lowest BCUT2D eigenvalue weighted by atomic mass is 9.46. The first-order valence-corrected chi connectivity index (χ1v) is 35.4.